The second kappa shape index (κ2) is 9.00. The third-order valence-electron chi connectivity index (χ3n) is 4.85. The van der Waals surface area contributed by atoms with Crippen LogP contribution in [-0.2, 0) is 4.74 Å². The molecule has 0 spiro atoms. The van der Waals surface area contributed by atoms with Gasteiger partial charge in [0, 0.05) is 24.7 Å². The number of nitrogens with one attached hydrogen (secondary N) is 1. The molecule has 0 aliphatic carbocycles. The Labute approximate surface area is 184 Å². The SMILES string of the molecule is COc1ccc(N2CCOCC2)c(NC(=O)c2ccc(-c3cccc(Cl)c3Cl)o2)c1. The molecule has 1 aromatic heterocycles. The van der Waals surface area contributed by atoms with E-state index in [1.807, 2.05) is 12.1 Å². The van der Waals surface area contributed by atoms with Crippen LogP contribution in [0.4, 0.5) is 11.4 Å². The summed E-state index contributed by atoms with van der Waals surface area (Å²) in [5.74, 6) is 0.902. The number of morpholine rings is 1. The highest BCUT2D eigenvalue weighted by atomic mass is 35.5. The predicted octanol–water partition coefficient (Wildman–Crippen LogP) is 5.35. The van der Waals surface area contributed by atoms with E-state index in [0.717, 1.165) is 18.8 Å². The first-order chi connectivity index (χ1) is 14.6. The molecule has 2 heterocycles. The molecule has 1 saturated heterocycles. The lowest BCUT2D eigenvalue weighted by atomic mass is 10.2. The summed E-state index contributed by atoms with van der Waals surface area (Å²) in [5.41, 5.74) is 2.16. The minimum absolute atomic E-state index is 0.164. The van der Waals surface area contributed by atoms with Gasteiger partial charge in [-0.1, -0.05) is 29.3 Å². The maximum absolute atomic E-state index is 12.9. The van der Waals surface area contributed by atoms with Crippen LogP contribution in [0.5, 0.6) is 5.75 Å². The van der Waals surface area contributed by atoms with E-state index in [2.05, 4.69) is 10.2 Å². The van der Waals surface area contributed by atoms with Crippen molar-refractivity contribution in [2.24, 2.45) is 0 Å². The molecule has 4 rings (SSSR count). The van der Waals surface area contributed by atoms with Crippen molar-refractivity contribution in [2.45, 2.75) is 0 Å². The molecule has 156 valence electrons. The van der Waals surface area contributed by atoms with Crippen LogP contribution < -0.4 is 15.0 Å². The second-order valence-corrected chi connectivity index (χ2v) is 7.49. The lowest BCUT2D eigenvalue weighted by Gasteiger charge is -2.30. The van der Waals surface area contributed by atoms with Crippen LogP contribution in [0.1, 0.15) is 10.6 Å². The smallest absolute Gasteiger partial charge is 0.291 e. The molecule has 6 nitrogen and oxygen atoms in total. The minimum Gasteiger partial charge on any atom is -0.497 e. The summed E-state index contributed by atoms with van der Waals surface area (Å²) in [6.07, 6.45) is 0. The maximum atomic E-state index is 12.9. The summed E-state index contributed by atoms with van der Waals surface area (Å²) in [5, 5.41) is 3.73. The van der Waals surface area contributed by atoms with Crippen LogP contribution in [0.2, 0.25) is 10.0 Å². The molecule has 1 N–H and O–H groups in total. The van der Waals surface area contributed by atoms with Gasteiger partial charge in [-0.25, -0.2) is 0 Å². The molecule has 0 bridgehead atoms. The zero-order chi connectivity index (χ0) is 21.1. The summed E-state index contributed by atoms with van der Waals surface area (Å²) in [6, 6.07) is 14.1. The number of furan rings is 1. The van der Waals surface area contributed by atoms with Crippen molar-refractivity contribution in [3.8, 4) is 17.1 Å². The third kappa shape index (κ3) is 4.26. The molecule has 2 aromatic carbocycles. The maximum Gasteiger partial charge on any atom is 0.291 e. The van der Waals surface area contributed by atoms with Crippen molar-refractivity contribution >= 4 is 40.5 Å². The zero-order valence-electron chi connectivity index (χ0n) is 16.3. The summed E-state index contributed by atoms with van der Waals surface area (Å²) in [7, 11) is 1.59. The lowest BCUT2D eigenvalue weighted by Crippen LogP contribution is -2.36. The first-order valence-electron chi connectivity index (χ1n) is 9.43. The van der Waals surface area contributed by atoms with Crippen molar-refractivity contribution in [3.05, 3.63) is 64.3 Å². The normalized spacial score (nSPS) is 13.9. The average molecular weight is 447 g/mol. The van der Waals surface area contributed by atoms with E-state index in [1.54, 1.807) is 43.5 Å². The molecule has 0 unspecified atom stereocenters. The van der Waals surface area contributed by atoms with Crippen LogP contribution in [-0.4, -0.2) is 39.3 Å². The van der Waals surface area contributed by atoms with Crippen molar-refractivity contribution in [3.63, 3.8) is 0 Å². The highest BCUT2D eigenvalue weighted by molar-refractivity contribution is 6.43. The average Bonchev–Trinajstić information content (AvgIpc) is 3.26. The highest BCUT2D eigenvalue weighted by Gasteiger charge is 2.20. The van der Waals surface area contributed by atoms with Gasteiger partial charge in [0.15, 0.2) is 5.76 Å². The Morgan fingerprint density at radius 3 is 2.67 bits per heavy atom. The Morgan fingerprint density at radius 2 is 1.90 bits per heavy atom. The van der Waals surface area contributed by atoms with E-state index in [9.17, 15) is 4.79 Å². The predicted molar refractivity (Wildman–Crippen MR) is 118 cm³/mol. The summed E-state index contributed by atoms with van der Waals surface area (Å²) in [6.45, 7) is 2.77. The minimum atomic E-state index is -0.373. The number of amides is 1. The van der Waals surface area contributed by atoms with Crippen LogP contribution in [0.25, 0.3) is 11.3 Å². The molecule has 0 saturated carbocycles. The van der Waals surface area contributed by atoms with Crippen LogP contribution >= 0.6 is 23.2 Å². The molecule has 1 amide bonds. The molecule has 3 aromatic rings. The quantitative estimate of drug-likeness (QED) is 0.571. The number of anilines is 2. The number of nitrogens with zero attached hydrogens (tertiary/aromatic N) is 1. The van der Waals surface area contributed by atoms with Crippen LogP contribution in [0.3, 0.4) is 0 Å². The third-order valence-corrected chi connectivity index (χ3v) is 5.67. The van der Waals surface area contributed by atoms with E-state index >= 15 is 0 Å². The fraction of sp³-hybridized carbons (Fsp3) is 0.227. The van der Waals surface area contributed by atoms with Crippen molar-refractivity contribution in [1.82, 2.24) is 0 Å². The Bertz CT molecular complexity index is 1060. The molecule has 0 atom stereocenters. The Morgan fingerprint density at radius 1 is 1.10 bits per heavy atom. The molecule has 0 radical (unpaired) electrons. The number of halogens is 2. The fourth-order valence-corrected chi connectivity index (χ4v) is 3.70. The Kier molecular flexibility index (Phi) is 6.18. The van der Waals surface area contributed by atoms with Crippen molar-refractivity contribution < 1.29 is 18.7 Å². The van der Waals surface area contributed by atoms with Gasteiger partial charge in [0.05, 0.1) is 41.7 Å². The number of hydrogen-bond acceptors (Lipinski definition) is 5. The van der Waals surface area contributed by atoms with Gasteiger partial charge in [-0.2, -0.15) is 0 Å². The number of methoxy groups -OCH3 is 1. The van der Waals surface area contributed by atoms with Gasteiger partial charge in [-0.05, 0) is 36.4 Å². The van der Waals surface area contributed by atoms with Gasteiger partial charge < -0.3 is 24.1 Å². The van der Waals surface area contributed by atoms with Crippen molar-refractivity contribution in [2.75, 3.05) is 43.6 Å². The van der Waals surface area contributed by atoms with E-state index < -0.39 is 0 Å². The van der Waals surface area contributed by atoms with E-state index in [4.69, 9.17) is 37.1 Å². The van der Waals surface area contributed by atoms with Gasteiger partial charge in [0.2, 0.25) is 0 Å². The van der Waals surface area contributed by atoms with Gasteiger partial charge in [-0.3, -0.25) is 4.79 Å². The second-order valence-electron chi connectivity index (χ2n) is 6.70. The topological polar surface area (TPSA) is 63.9 Å². The molecule has 1 aliphatic rings. The number of hydrogen-bond donors (Lipinski definition) is 1. The Balaban J connectivity index is 1.59. The van der Waals surface area contributed by atoms with Gasteiger partial charge in [0.25, 0.3) is 5.91 Å². The first kappa shape index (κ1) is 20.6. The van der Waals surface area contributed by atoms with E-state index in [0.29, 0.717) is 46.0 Å². The van der Waals surface area contributed by atoms with Crippen LogP contribution in [0, 0.1) is 0 Å². The Hall–Kier alpha value is -2.67. The zero-order valence-corrected chi connectivity index (χ0v) is 17.8. The van der Waals surface area contributed by atoms with Gasteiger partial charge >= 0.3 is 0 Å². The molecule has 1 fully saturated rings. The molecule has 30 heavy (non-hydrogen) atoms. The summed E-state index contributed by atoms with van der Waals surface area (Å²) >= 11 is 12.3. The van der Waals surface area contributed by atoms with Crippen LogP contribution in [0.15, 0.2) is 52.9 Å². The number of rotatable bonds is 5. The molecule has 8 heteroatoms. The number of ether oxygens (including phenoxy) is 2. The number of benzene rings is 2. The first-order valence-corrected chi connectivity index (χ1v) is 10.2. The number of carbonyl (C=O) groups excluding carboxylic acids is 1. The fourth-order valence-electron chi connectivity index (χ4n) is 3.30. The highest BCUT2D eigenvalue weighted by Crippen LogP contribution is 2.35. The van der Waals surface area contributed by atoms with E-state index in [-0.39, 0.29) is 11.7 Å². The lowest BCUT2D eigenvalue weighted by molar-refractivity contribution is 0.0997. The summed E-state index contributed by atoms with van der Waals surface area (Å²) < 4.78 is 16.5. The van der Waals surface area contributed by atoms with Crippen molar-refractivity contribution in [1.29, 1.82) is 0 Å². The summed E-state index contributed by atoms with van der Waals surface area (Å²) in [4.78, 5) is 15.1. The largest absolute Gasteiger partial charge is 0.497 e. The van der Waals surface area contributed by atoms with E-state index in [1.165, 1.54) is 0 Å². The molecular formula is C22H20Cl2N2O4. The monoisotopic (exact) mass is 446 g/mol. The van der Waals surface area contributed by atoms with Gasteiger partial charge in [0.1, 0.15) is 11.5 Å². The molecular weight excluding hydrogens is 427 g/mol. The molecule has 1 aliphatic heterocycles. The number of carbonyl (C=O) groups is 1. The van der Waals surface area contributed by atoms with Gasteiger partial charge in [-0.15, -0.1) is 0 Å². The standard InChI is InChI=1S/C22H20Cl2N2O4/c1-28-14-5-6-18(26-9-11-29-12-10-26)17(13-14)25-22(27)20-8-7-19(30-20)15-3-2-4-16(23)21(15)24/h2-8,13H,9-12H2,1H3,(H,25,27).